The minimum atomic E-state index is -0.0951. The van der Waals surface area contributed by atoms with Crippen LogP contribution in [0.5, 0.6) is 11.5 Å². The fourth-order valence-corrected chi connectivity index (χ4v) is 4.64. The number of aryl methyl sites for hydroxylation is 2. The van der Waals surface area contributed by atoms with E-state index in [0.717, 1.165) is 55.7 Å². The van der Waals surface area contributed by atoms with Crippen LogP contribution in [0.1, 0.15) is 67.2 Å². The second-order valence-electron chi connectivity index (χ2n) is 9.86. The number of rotatable bonds is 14. The van der Waals surface area contributed by atoms with Crippen LogP contribution in [-0.4, -0.2) is 35.7 Å². The van der Waals surface area contributed by atoms with Crippen molar-refractivity contribution in [2.45, 2.75) is 58.4 Å². The number of hydrogen-bond acceptors (Lipinski definition) is 4. The molecule has 0 saturated carbocycles. The van der Waals surface area contributed by atoms with Gasteiger partial charge in [-0.05, 0) is 67.1 Å². The smallest absolute Gasteiger partial charge is 0.255 e. The summed E-state index contributed by atoms with van der Waals surface area (Å²) in [4.78, 5) is 17.4. The molecule has 6 heteroatoms. The predicted octanol–water partition coefficient (Wildman–Crippen LogP) is 6.78. The molecule has 0 radical (unpaired) electrons. The first kappa shape index (κ1) is 27.2. The maximum atomic E-state index is 12.5. The Labute approximate surface area is 226 Å². The fraction of sp³-hybridized carbons (Fsp3) is 0.375. The lowest BCUT2D eigenvalue weighted by molar-refractivity contribution is 0.0950. The lowest BCUT2D eigenvalue weighted by Crippen LogP contribution is -2.24. The lowest BCUT2D eigenvalue weighted by atomic mass is 10.0. The van der Waals surface area contributed by atoms with Crippen LogP contribution in [0, 0.1) is 0 Å². The van der Waals surface area contributed by atoms with Crippen molar-refractivity contribution >= 4 is 16.9 Å². The zero-order valence-electron chi connectivity index (χ0n) is 22.8. The summed E-state index contributed by atoms with van der Waals surface area (Å²) >= 11 is 0. The van der Waals surface area contributed by atoms with Gasteiger partial charge >= 0.3 is 0 Å². The van der Waals surface area contributed by atoms with Crippen LogP contribution < -0.4 is 14.8 Å². The number of fused-ring (bicyclic) bond motifs is 1. The zero-order chi connectivity index (χ0) is 26.7. The Bertz CT molecular complexity index is 1310. The number of benzene rings is 3. The van der Waals surface area contributed by atoms with Gasteiger partial charge in [0.2, 0.25) is 0 Å². The van der Waals surface area contributed by atoms with Gasteiger partial charge in [-0.25, -0.2) is 4.98 Å². The SMILES string of the molecule is COc1ccccc1C(=O)NCCCCCc1nc2ccccc2n1CCCOc1ccc(C(C)C)cc1. The Hall–Kier alpha value is -3.80. The van der Waals surface area contributed by atoms with E-state index in [0.29, 0.717) is 30.4 Å². The number of methoxy groups -OCH3 is 1. The summed E-state index contributed by atoms with van der Waals surface area (Å²) in [5.74, 6) is 3.06. The molecule has 0 bridgehead atoms. The molecule has 3 aromatic carbocycles. The third kappa shape index (κ3) is 7.15. The molecule has 0 aliphatic rings. The number of hydrogen-bond donors (Lipinski definition) is 1. The maximum absolute atomic E-state index is 12.5. The topological polar surface area (TPSA) is 65.4 Å². The normalized spacial score (nSPS) is 11.2. The molecular formula is C32H39N3O3. The number of amides is 1. The van der Waals surface area contributed by atoms with Crippen LogP contribution in [0.3, 0.4) is 0 Å². The van der Waals surface area contributed by atoms with E-state index >= 15 is 0 Å². The first-order valence-electron chi connectivity index (χ1n) is 13.6. The number of ether oxygens (including phenoxy) is 2. The maximum Gasteiger partial charge on any atom is 0.255 e. The van der Waals surface area contributed by atoms with Gasteiger partial charge in [0, 0.05) is 19.5 Å². The van der Waals surface area contributed by atoms with Gasteiger partial charge in [0.05, 0.1) is 30.3 Å². The molecule has 38 heavy (non-hydrogen) atoms. The molecule has 1 heterocycles. The molecule has 0 saturated heterocycles. The molecule has 0 aliphatic carbocycles. The van der Waals surface area contributed by atoms with E-state index in [1.54, 1.807) is 19.2 Å². The van der Waals surface area contributed by atoms with Crippen molar-refractivity contribution in [2.24, 2.45) is 0 Å². The third-order valence-corrected chi connectivity index (χ3v) is 6.79. The fourth-order valence-electron chi connectivity index (χ4n) is 4.64. The van der Waals surface area contributed by atoms with E-state index in [2.05, 4.69) is 66.2 Å². The predicted molar refractivity (Wildman–Crippen MR) is 153 cm³/mol. The minimum absolute atomic E-state index is 0.0951. The van der Waals surface area contributed by atoms with Gasteiger partial charge in [0.15, 0.2) is 0 Å². The largest absolute Gasteiger partial charge is 0.496 e. The molecule has 0 spiro atoms. The number of carbonyl (C=O) groups excluding carboxylic acids is 1. The highest BCUT2D eigenvalue weighted by atomic mass is 16.5. The Morgan fingerprint density at radius 1 is 0.921 bits per heavy atom. The molecule has 0 unspecified atom stereocenters. The summed E-state index contributed by atoms with van der Waals surface area (Å²) in [6, 6.07) is 24.0. The van der Waals surface area contributed by atoms with Crippen LogP contribution in [0.25, 0.3) is 11.0 Å². The molecule has 4 rings (SSSR count). The number of imidazole rings is 1. The molecule has 1 N–H and O–H groups in total. The van der Waals surface area contributed by atoms with Crippen LogP contribution in [0.2, 0.25) is 0 Å². The lowest BCUT2D eigenvalue weighted by Gasteiger charge is -2.12. The van der Waals surface area contributed by atoms with Crippen LogP contribution in [0.15, 0.2) is 72.8 Å². The van der Waals surface area contributed by atoms with Crippen molar-refractivity contribution in [1.29, 1.82) is 0 Å². The monoisotopic (exact) mass is 513 g/mol. The van der Waals surface area contributed by atoms with Gasteiger partial charge in [-0.1, -0.05) is 56.7 Å². The summed E-state index contributed by atoms with van der Waals surface area (Å²) < 4.78 is 13.6. The van der Waals surface area contributed by atoms with Crippen molar-refractivity contribution in [1.82, 2.24) is 14.9 Å². The van der Waals surface area contributed by atoms with Crippen molar-refractivity contribution in [3.8, 4) is 11.5 Å². The van der Waals surface area contributed by atoms with E-state index in [1.807, 2.05) is 18.2 Å². The Balaban J connectivity index is 1.24. The summed E-state index contributed by atoms with van der Waals surface area (Å²) in [6.45, 7) is 6.57. The van der Waals surface area contributed by atoms with Crippen LogP contribution in [-0.2, 0) is 13.0 Å². The minimum Gasteiger partial charge on any atom is -0.496 e. The van der Waals surface area contributed by atoms with E-state index in [9.17, 15) is 4.79 Å². The Morgan fingerprint density at radius 3 is 2.47 bits per heavy atom. The van der Waals surface area contributed by atoms with E-state index in [-0.39, 0.29) is 5.91 Å². The summed E-state index contributed by atoms with van der Waals surface area (Å²) in [6.07, 6.45) is 4.78. The highest BCUT2D eigenvalue weighted by Crippen LogP contribution is 2.21. The number of unbranched alkanes of at least 4 members (excludes halogenated alkanes) is 2. The number of aromatic nitrogens is 2. The highest BCUT2D eigenvalue weighted by molar-refractivity contribution is 5.96. The Kier molecular flexibility index (Phi) is 9.79. The molecule has 0 fully saturated rings. The van der Waals surface area contributed by atoms with Crippen LogP contribution in [0.4, 0.5) is 0 Å². The molecule has 0 atom stereocenters. The van der Waals surface area contributed by atoms with Crippen molar-refractivity contribution in [2.75, 3.05) is 20.3 Å². The number of para-hydroxylation sites is 3. The second kappa shape index (κ2) is 13.7. The first-order valence-corrected chi connectivity index (χ1v) is 13.6. The van der Waals surface area contributed by atoms with E-state index in [4.69, 9.17) is 14.5 Å². The quantitative estimate of drug-likeness (QED) is 0.189. The molecular weight excluding hydrogens is 474 g/mol. The van der Waals surface area contributed by atoms with E-state index in [1.165, 1.54) is 11.1 Å². The molecule has 200 valence electrons. The first-order chi connectivity index (χ1) is 18.6. The summed E-state index contributed by atoms with van der Waals surface area (Å²) in [5.41, 5.74) is 4.11. The summed E-state index contributed by atoms with van der Waals surface area (Å²) in [5, 5.41) is 3.01. The van der Waals surface area contributed by atoms with Crippen molar-refractivity contribution < 1.29 is 14.3 Å². The molecule has 6 nitrogen and oxygen atoms in total. The van der Waals surface area contributed by atoms with Crippen molar-refractivity contribution in [3.63, 3.8) is 0 Å². The van der Waals surface area contributed by atoms with Gasteiger partial charge in [-0.3, -0.25) is 4.79 Å². The van der Waals surface area contributed by atoms with Gasteiger partial charge in [0.1, 0.15) is 17.3 Å². The zero-order valence-corrected chi connectivity index (χ0v) is 22.8. The molecule has 4 aromatic rings. The van der Waals surface area contributed by atoms with Gasteiger partial charge in [0.25, 0.3) is 5.91 Å². The average molecular weight is 514 g/mol. The number of nitrogens with zero attached hydrogens (tertiary/aromatic N) is 2. The van der Waals surface area contributed by atoms with Gasteiger partial charge < -0.3 is 19.4 Å². The molecule has 1 aromatic heterocycles. The van der Waals surface area contributed by atoms with E-state index < -0.39 is 0 Å². The molecule has 0 aliphatic heterocycles. The van der Waals surface area contributed by atoms with Gasteiger partial charge in [-0.15, -0.1) is 0 Å². The van der Waals surface area contributed by atoms with Crippen molar-refractivity contribution in [3.05, 3.63) is 89.7 Å². The number of nitrogens with one attached hydrogen (secondary N) is 1. The standard InChI is InChI=1S/C32H39N3O3/c1-24(2)25-17-19-26(20-18-25)38-23-11-22-35-29-14-8-7-13-28(29)34-31(35)16-5-4-10-21-33-32(36)27-12-6-9-15-30(27)37-3/h6-9,12-15,17-20,24H,4-5,10-11,16,21-23H2,1-3H3,(H,33,36). The van der Waals surface area contributed by atoms with Gasteiger partial charge in [-0.2, -0.15) is 0 Å². The summed E-state index contributed by atoms with van der Waals surface area (Å²) in [7, 11) is 1.58. The Morgan fingerprint density at radius 2 is 1.68 bits per heavy atom. The second-order valence-corrected chi connectivity index (χ2v) is 9.86. The highest BCUT2D eigenvalue weighted by Gasteiger charge is 2.12. The number of carbonyl (C=O) groups is 1. The third-order valence-electron chi connectivity index (χ3n) is 6.79. The molecule has 1 amide bonds. The van der Waals surface area contributed by atoms with Crippen LogP contribution >= 0.6 is 0 Å². The average Bonchev–Trinajstić information content (AvgIpc) is 3.30.